The fraction of sp³-hybridized carbons (Fsp3) is 0.156. The number of nitrogens with two attached hydrogens (primary N) is 1. The Morgan fingerprint density at radius 2 is 0.884 bits per heavy atom. The number of nitrogens with zero attached hydrogens (tertiary/aromatic N) is 10. The van der Waals surface area contributed by atoms with Gasteiger partial charge in [-0.2, -0.15) is 55.6 Å². The molecular formula is C45H39N11O24S6. The van der Waals surface area contributed by atoms with E-state index in [9.17, 15) is 104 Å². The van der Waals surface area contributed by atoms with Crippen molar-refractivity contribution in [3.05, 3.63) is 139 Å². The zero-order valence-corrected chi connectivity index (χ0v) is 48.1. The largest absolute Gasteiger partial charge is 0.505 e. The molecule has 0 spiro atoms. The number of nitro benzene ring substituents is 2. The van der Waals surface area contributed by atoms with Gasteiger partial charge in [0.25, 0.3) is 72.1 Å². The minimum absolute atomic E-state index is 0.0862. The van der Waals surface area contributed by atoms with Crippen LogP contribution in [0.15, 0.2) is 131 Å². The first-order valence-corrected chi connectivity index (χ1v) is 32.5. The van der Waals surface area contributed by atoms with E-state index in [0.29, 0.717) is 24.8 Å². The number of anilines is 1. The number of fused-ring (bicyclic) bond motifs is 2. The summed E-state index contributed by atoms with van der Waals surface area (Å²) in [5.41, 5.74) is -2.48. The monoisotopic (exact) mass is 1310 g/mol. The number of nitro groups is 2. The van der Waals surface area contributed by atoms with Crippen molar-refractivity contribution in [3.63, 3.8) is 0 Å². The van der Waals surface area contributed by atoms with Crippen molar-refractivity contribution in [2.24, 2.45) is 40.9 Å². The molecule has 7 rings (SSSR count). The maximum atomic E-state index is 13.7. The van der Waals surface area contributed by atoms with Gasteiger partial charge in [-0.05, 0) is 88.7 Å². The maximum absolute atomic E-state index is 13.7. The van der Waals surface area contributed by atoms with Gasteiger partial charge in [-0.1, -0.05) is 24.3 Å². The summed E-state index contributed by atoms with van der Waals surface area (Å²) < 4.78 is 200. The van der Waals surface area contributed by atoms with Crippen LogP contribution in [0.25, 0.3) is 21.5 Å². The molecule has 0 heterocycles. The molecule has 9 N–H and O–H groups in total. The lowest BCUT2D eigenvalue weighted by Gasteiger charge is -2.16. The fourth-order valence-corrected chi connectivity index (χ4v) is 12.1. The molecule has 0 radical (unpaired) electrons. The molecule has 0 saturated carbocycles. The summed E-state index contributed by atoms with van der Waals surface area (Å²) in [5, 5.41) is 77.6. The summed E-state index contributed by atoms with van der Waals surface area (Å²) in [6, 6.07) is 13.7. The molecule has 0 bridgehead atoms. The number of hydrogen-bond acceptors (Lipinski definition) is 28. The molecule has 7 aromatic rings. The standard InChI is InChI=1S/C45H39N11O24S6/c1-22-3-6-25(19-83(69,70)71)34(11-22)51-47-30-9-10-33(39-29(30)16-38(86(78,79)80-2)43(44(39)57)54-49-32-8-5-24(18-82(66,67)68)13-37(32)56(61)62)50-52-35-15-26(20-84(72,73)74)28-14-27(21-85(75,76)77)42(45(58)40(28)41(35)46)53-48-31-7-4-23(17-81(63,64)65)12-36(31)55(59)60/h3-16,57-58H,17-21,46H2,1-2H3,(H,63,64,65)(H,66,67,68)(H,69,70,71)(H,72,73,74)(H,75,76,77). The van der Waals surface area contributed by atoms with Crippen molar-refractivity contribution in [1.29, 1.82) is 0 Å². The van der Waals surface area contributed by atoms with E-state index in [2.05, 4.69) is 40.9 Å². The Hall–Kier alpha value is -8.88. The molecule has 0 aliphatic carbocycles. The van der Waals surface area contributed by atoms with Gasteiger partial charge in [0.05, 0.1) is 50.5 Å². The summed E-state index contributed by atoms with van der Waals surface area (Å²) in [5.74, 6) is -8.34. The summed E-state index contributed by atoms with van der Waals surface area (Å²) in [6.45, 7) is 1.59. The SMILES string of the molecule is COS(=O)(=O)c1cc2c(N=Nc3cc(C)ccc3CS(=O)(=O)O)ccc(N=Nc3cc(CS(=O)(=O)O)c4cc(CS(=O)(=O)O)c(N=Nc5ccc(CS(=O)(=O)O)cc5[N+](=O)[O-])c(O)c4c3N)c2c(O)c1N=Nc1ccc(CS(=O)(=O)O)cc1[N+](=O)[O-]. The molecule has 0 aliphatic rings. The van der Waals surface area contributed by atoms with E-state index in [4.69, 9.17) is 9.92 Å². The third-order valence-corrected chi connectivity index (χ3v) is 16.4. The summed E-state index contributed by atoms with van der Waals surface area (Å²) in [6.07, 6.45) is 0. The molecule has 0 aliphatic heterocycles. The number of hydrogen-bond donors (Lipinski definition) is 8. The summed E-state index contributed by atoms with van der Waals surface area (Å²) >= 11 is 0. The van der Waals surface area contributed by atoms with Crippen molar-refractivity contribution in [2.45, 2.75) is 40.6 Å². The Balaban J connectivity index is 1.52. The lowest BCUT2D eigenvalue weighted by atomic mass is 9.98. The van der Waals surface area contributed by atoms with Crippen molar-refractivity contribution in [3.8, 4) is 11.5 Å². The zero-order chi connectivity index (χ0) is 63.8. The first-order chi connectivity index (χ1) is 39.7. The average Bonchev–Trinajstić information content (AvgIpc) is 1.39. The van der Waals surface area contributed by atoms with Crippen LogP contribution in [0.5, 0.6) is 11.5 Å². The minimum Gasteiger partial charge on any atom is -0.505 e. The predicted octanol–water partition coefficient (Wildman–Crippen LogP) is 9.05. The lowest BCUT2D eigenvalue weighted by Crippen LogP contribution is -2.05. The van der Waals surface area contributed by atoms with Crippen molar-refractivity contribution < 1.29 is 97.5 Å². The van der Waals surface area contributed by atoms with E-state index in [1.165, 1.54) is 18.2 Å². The van der Waals surface area contributed by atoms with Crippen LogP contribution in [0.4, 0.5) is 62.6 Å². The van der Waals surface area contributed by atoms with E-state index in [-0.39, 0.29) is 28.1 Å². The number of phenolic OH excluding ortho intramolecular Hbond substituents is 2. The van der Waals surface area contributed by atoms with E-state index in [1.807, 2.05) is 0 Å². The van der Waals surface area contributed by atoms with Gasteiger partial charge in [-0.15, -0.1) is 35.8 Å². The first-order valence-electron chi connectivity index (χ1n) is 23.0. The number of azo groups is 4. The van der Waals surface area contributed by atoms with Crippen LogP contribution in [0.2, 0.25) is 0 Å². The van der Waals surface area contributed by atoms with E-state index in [1.54, 1.807) is 6.92 Å². The molecule has 0 aromatic heterocycles. The molecule has 0 fully saturated rings. The molecule has 454 valence electrons. The van der Waals surface area contributed by atoms with Crippen LogP contribution in [0, 0.1) is 27.2 Å². The topological polar surface area (TPSA) is 567 Å². The molecule has 0 atom stereocenters. The average molecular weight is 1310 g/mol. The number of aromatic hydroxyl groups is 2. The Labute approximate surface area is 484 Å². The van der Waals surface area contributed by atoms with Crippen LogP contribution >= 0.6 is 0 Å². The molecule has 41 heteroatoms. The molecule has 86 heavy (non-hydrogen) atoms. The van der Waals surface area contributed by atoms with Gasteiger partial charge in [-0.3, -0.25) is 47.2 Å². The fourth-order valence-electron chi connectivity index (χ4n) is 8.19. The van der Waals surface area contributed by atoms with Crippen molar-refractivity contribution in [1.82, 2.24) is 0 Å². The van der Waals surface area contributed by atoms with Gasteiger partial charge in [0.2, 0.25) is 0 Å². The number of aryl methyl sites for hydroxylation is 1. The molecule has 35 nitrogen and oxygen atoms in total. The van der Waals surface area contributed by atoms with Crippen molar-refractivity contribution >= 4 is 145 Å². The van der Waals surface area contributed by atoms with E-state index in [0.717, 1.165) is 54.6 Å². The minimum atomic E-state index is -5.12. The smallest absolute Gasteiger partial charge is 0.299 e. The molecular weight excluding hydrogens is 1270 g/mol. The third-order valence-electron chi connectivity index (χ3n) is 11.7. The molecule has 7 aromatic carbocycles. The van der Waals surface area contributed by atoms with Gasteiger partial charge in [0.15, 0.2) is 22.9 Å². The number of rotatable bonds is 22. The molecule has 0 unspecified atom stereocenters. The highest BCUT2D eigenvalue weighted by atomic mass is 32.2. The van der Waals surface area contributed by atoms with Gasteiger partial charge < -0.3 is 15.9 Å². The molecule has 0 saturated heterocycles. The predicted molar refractivity (Wildman–Crippen MR) is 300 cm³/mol. The summed E-state index contributed by atoms with van der Waals surface area (Å²) in [4.78, 5) is 21.0. The number of phenols is 2. The Morgan fingerprint density at radius 3 is 1.40 bits per heavy atom. The zero-order valence-electron chi connectivity index (χ0n) is 43.2. The summed E-state index contributed by atoms with van der Waals surface area (Å²) in [7, 11) is -28.8. The van der Waals surface area contributed by atoms with Crippen LogP contribution in [0.1, 0.15) is 33.4 Å². The van der Waals surface area contributed by atoms with Crippen LogP contribution in [-0.4, -0.2) is 100 Å². The number of nitrogen functional groups attached to an aromatic ring is 1. The quantitative estimate of drug-likeness (QED) is 0.00783. The Kier molecular flexibility index (Phi) is 18.2. The van der Waals surface area contributed by atoms with Crippen LogP contribution in [-0.2, 0) is 93.7 Å². The first kappa shape index (κ1) is 64.7. The van der Waals surface area contributed by atoms with Crippen LogP contribution in [0.3, 0.4) is 0 Å². The van der Waals surface area contributed by atoms with E-state index < -0.39 is 200 Å². The second kappa shape index (κ2) is 24.2. The van der Waals surface area contributed by atoms with Gasteiger partial charge in [0, 0.05) is 23.1 Å². The highest BCUT2D eigenvalue weighted by Crippen LogP contribution is 2.51. The lowest BCUT2D eigenvalue weighted by molar-refractivity contribution is -0.384. The Morgan fingerprint density at radius 1 is 0.453 bits per heavy atom. The van der Waals surface area contributed by atoms with Gasteiger partial charge in [0.1, 0.15) is 50.7 Å². The second-order valence-corrected chi connectivity index (χ2v) is 27.0. The number of benzene rings is 7. The van der Waals surface area contributed by atoms with E-state index >= 15 is 0 Å². The second-order valence-electron chi connectivity index (χ2n) is 18.1. The van der Waals surface area contributed by atoms with Gasteiger partial charge in [-0.25, -0.2) is 0 Å². The van der Waals surface area contributed by atoms with Gasteiger partial charge >= 0.3 is 0 Å². The maximum Gasteiger partial charge on any atom is 0.299 e. The highest BCUT2D eigenvalue weighted by Gasteiger charge is 2.29. The Bertz CT molecular complexity index is 4890. The third kappa shape index (κ3) is 15.9. The highest BCUT2D eigenvalue weighted by molar-refractivity contribution is 7.87. The molecule has 0 amide bonds. The normalized spacial score (nSPS) is 13.1. The van der Waals surface area contributed by atoms with Crippen molar-refractivity contribution in [2.75, 3.05) is 12.8 Å². The van der Waals surface area contributed by atoms with Crippen LogP contribution < -0.4 is 5.73 Å².